The molecule has 0 aliphatic rings. The maximum absolute atomic E-state index is 11.6. The SMILES string of the molecule is CC(C)CNC(=O)CCNC(=O)Cn1cc(CN)nn1. The number of nitrogens with two attached hydrogens (primary N) is 1. The van der Waals surface area contributed by atoms with E-state index < -0.39 is 0 Å². The maximum atomic E-state index is 11.6. The van der Waals surface area contributed by atoms with E-state index in [2.05, 4.69) is 20.9 Å². The summed E-state index contributed by atoms with van der Waals surface area (Å²) in [6.07, 6.45) is 1.89. The quantitative estimate of drug-likeness (QED) is 0.566. The molecule has 0 atom stereocenters. The van der Waals surface area contributed by atoms with Crippen molar-refractivity contribution in [3.05, 3.63) is 11.9 Å². The summed E-state index contributed by atoms with van der Waals surface area (Å²) < 4.78 is 1.41. The van der Waals surface area contributed by atoms with Crippen LogP contribution < -0.4 is 16.4 Å². The summed E-state index contributed by atoms with van der Waals surface area (Å²) in [6.45, 7) is 5.36. The molecule has 8 nitrogen and oxygen atoms in total. The minimum Gasteiger partial charge on any atom is -0.356 e. The van der Waals surface area contributed by atoms with Gasteiger partial charge in [0.15, 0.2) is 0 Å². The number of nitrogens with zero attached hydrogens (tertiary/aromatic N) is 3. The maximum Gasteiger partial charge on any atom is 0.241 e. The molecule has 0 radical (unpaired) electrons. The Hall–Kier alpha value is -1.96. The first-order valence-electron chi connectivity index (χ1n) is 6.63. The molecule has 20 heavy (non-hydrogen) atoms. The number of nitrogens with one attached hydrogen (secondary N) is 2. The van der Waals surface area contributed by atoms with Crippen LogP contribution in [0, 0.1) is 5.92 Å². The lowest BCUT2D eigenvalue weighted by atomic mass is 10.2. The molecule has 0 aliphatic heterocycles. The Bertz CT molecular complexity index is 443. The Kier molecular flexibility index (Phi) is 6.65. The van der Waals surface area contributed by atoms with Gasteiger partial charge in [0.2, 0.25) is 11.8 Å². The van der Waals surface area contributed by atoms with Crippen molar-refractivity contribution < 1.29 is 9.59 Å². The zero-order valence-corrected chi connectivity index (χ0v) is 11.9. The summed E-state index contributed by atoms with van der Waals surface area (Å²) in [5.74, 6) is 0.137. The summed E-state index contributed by atoms with van der Waals surface area (Å²) in [5, 5.41) is 13.0. The first-order chi connectivity index (χ1) is 9.51. The van der Waals surface area contributed by atoms with Gasteiger partial charge in [0, 0.05) is 26.1 Å². The van der Waals surface area contributed by atoms with Crippen LogP contribution in [0.4, 0.5) is 0 Å². The van der Waals surface area contributed by atoms with Crippen LogP contribution in [0.1, 0.15) is 26.0 Å². The van der Waals surface area contributed by atoms with Gasteiger partial charge in [-0.05, 0) is 5.92 Å². The zero-order valence-electron chi connectivity index (χ0n) is 11.9. The number of aromatic nitrogens is 3. The molecule has 8 heteroatoms. The van der Waals surface area contributed by atoms with Gasteiger partial charge in [-0.25, -0.2) is 4.68 Å². The van der Waals surface area contributed by atoms with E-state index in [1.165, 1.54) is 4.68 Å². The molecule has 1 aromatic heterocycles. The molecule has 1 rings (SSSR count). The van der Waals surface area contributed by atoms with Crippen molar-refractivity contribution in [1.29, 1.82) is 0 Å². The second kappa shape index (κ2) is 8.26. The summed E-state index contributed by atoms with van der Waals surface area (Å²) in [6, 6.07) is 0. The third kappa shape index (κ3) is 6.28. The van der Waals surface area contributed by atoms with E-state index in [1.54, 1.807) is 6.20 Å². The fraction of sp³-hybridized carbons (Fsp3) is 0.667. The molecular weight excluding hydrogens is 260 g/mol. The normalized spacial score (nSPS) is 10.6. The lowest BCUT2D eigenvalue weighted by molar-refractivity contribution is -0.122. The van der Waals surface area contributed by atoms with Gasteiger partial charge in [-0.15, -0.1) is 5.10 Å². The molecule has 1 heterocycles. The van der Waals surface area contributed by atoms with Gasteiger partial charge in [0.1, 0.15) is 6.54 Å². The molecular formula is C12H22N6O2. The van der Waals surface area contributed by atoms with Crippen LogP contribution in [0.5, 0.6) is 0 Å². The van der Waals surface area contributed by atoms with E-state index in [-0.39, 0.29) is 31.3 Å². The van der Waals surface area contributed by atoms with Gasteiger partial charge in [-0.2, -0.15) is 0 Å². The molecule has 2 amide bonds. The molecule has 1 aromatic rings. The zero-order chi connectivity index (χ0) is 15.0. The average Bonchev–Trinajstić information content (AvgIpc) is 2.84. The first-order valence-corrected chi connectivity index (χ1v) is 6.63. The van der Waals surface area contributed by atoms with Crippen LogP contribution in [-0.4, -0.2) is 39.9 Å². The van der Waals surface area contributed by atoms with Gasteiger partial charge in [0.25, 0.3) is 0 Å². The van der Waals surface area contributed by atoms with E-state index in [4.69, 9.17) is 5.73 Å². The smallest absolute Gasteiger partial charge is 0.241 e. The van der Waals surface area contributed by atoms with Gasteiger partial charge < -0.3 is 16.4 Å². The predicted octanol–water partition coefficient (Wildman–Crippen LogP) is -0.985. The second-order valence-corrected chi connectivity index (χ2v) is 4.91. The molecule has 0 unspecified atom stereocenters. The minimum absolute atomic E-state index is 0.0647. The Balaban J connectivity index is 2.18. The van der Waals surface area contributed by atoms with Crippen molar-refractivity contribution in [2.24, 2.45) is 11.7 Å². The molecule has 0 aromatic carbocycles. The largest absolute Gasteiger partial charge is 0.356 e. The monoisotopic (exact) mass is 282 g/mol. The topological polar surface area (TPSA) is 115 Å². The number of carbonyl (C=O) groups excluding carboxylic acids is 2. The summed E-state index contributed by atoms with van der Waals surface area (Å²) in [7, 11) is 0. The van der Waals surface area contributed by atoms with Crippen LogP contribution in [0.15, 0.2) is 6.20 Å². The molecule has 0 spiro atoms. The number of carbonyl (C=O) groups is 2. The Morgan fingerprint density at radius 1 is 1.35 bits per heavy atom. The van der Waals surface area contributed by atoms with Crippen molar-refractivity contribution in [3.8, 4) is 0 Å². The predicted molar refractivity (Wildman–Crippen MR) is 73.4 cm³/mol. The van der Waals surface area contributed by atoms with Crippen LogP contribution in [0.3, 0.4) is 0 Å². The summed E-state index contributed by atoms with van der Waals surface area (Å²) in [5.41, 5.74) is 6.03. The highest BCUT2D eigenvalue weighted by Crippen LogP contribution is 1.91. The third-order valence-corrected chi connectivity index (χ3v) is 2.48. The molecule has 112 valence electrons. The number of hydrogen-bond acceptors (Lipinski definition) is 5. The van der Waals surface area contributed by atoms with Crippen molar-refractivity contribution in [2.45, 2.75) is 33.4 Å². The average molecular weight is 282 g/mol. The van der Waals surface area contributed by atoms with Crippen molar-refractivity contribution in [3.63, 3.8) is 0 Å². The van der Waals surface area contributed by atoms with Crippen LogP contribution in [-0.2, 0) is 22.7 Å². The van der Waals surface area contributed by atoms with E-state index in [0.29, 0.717) is 24.7 Å². The van der Waals surface area contributed by atoms with Gasteiger partial charge in [-0.1, -0.05) is 19.1 Å². The van der Waals surface area contributed by atoms with Crippen LogP contribution in [0.2, 0.25) is 0 Å². The molecule has 0 bridgehead atoms. The molecule has 0 saturated heterocycles. The molecule has 4 N–H and O–H groups in total. The van der Waals surface area contributed by atoms with Gasteiger partial charge in [-0.3, -0.25) is 9.59 Å². The highest BCUT2D eigenvalue weighted by molar-refractivity contribution is 5.78. The highest BCUT2D eigenvalue weighted by Gasteiger charge is 2.07. The van der Waals surface area contributed by atoms with E-state index in [1.807, 2.05) is 13.8 Å². The highest BCUT2D eigenvalue weighted by atomic mass is 16.2. The summed E-state index contributed by atoms with van der Waals surface area (Å²) >= 11 is 0. The lowest BCUT2D eigenvalue weighted by Crippen LogP contribution is -2.33. The Labute approximate surface area is 118 Å². The number of rotatable bonds is 8. The van der Waals surface area contributed by atoms with E-state index in [0.717, 1.165) is 0 Å². The van der Waals surface area contributed by atoms with Crippen molar-refractivity contribution in [2.75, 3.05) is 13.1 Å². The third-order valence-electron chi connectivity index (χ3n) is 2.48. The second-order valence-electron chi connectivity index (χ2n) is 4.91. The van der Waals surface area contributed by atoms with Crippen LogP contribution >= 0.6 is 0 Å². The number of amides is 2. The van der Waals surface area contributed by atoms with E-state index >= 15 is 0 Å². The van der Waals surface area contributed by atoms with Gasteiger partial charge >= 0.3 is 0 Å². The fourth-order valence-corrected chi connectivity index (χ4v) is 1.43. The van der Waals surface area contributed by atoms with Gasteiger partial charge in [0.05, 0.1) is 11.9 Å². The Morgan fingerprint density at radius 3 is 2.70 bits per heavy atom. The number of hydrogen-bond donors (Lipinski definition) is 3. The first kappa shape index (κ1) is 16.1. The lowest BCUT2D eigenvalue weighted by Gasteiger charge is -2.08. The summed E-state index contributed by atoms with van der Waals surface area (Å²) in [4.78, 5) is 23.0. The van der Waals surface area contributed by atoms with Crippen molar-refractivity contribution >= 4 is 11.8 Å². The Morgan fingerprint density at radius 2 is 2.10 bits per heavy atom. The molecule has 0 saturated carbocycles. The standard InChI is InChI=1S/C12H22N6O2/c1-9(2)6-15-11(19)3-4-14-12(20)8-18-7-10(5-13)16-17-18/h7,9H,3-6,8,13H2,1-2H3,(H,14,20)(H,15,19). The van der Waals surface area contributed by atoms with E-state index in [9.17, 15) is 9.59 Å². The fourth-order valence-electron chi connectivity index (χ4n) is 1.43. The van der Waals surface area contributed by atoms with Crippen molar-refractivity contribution in [1.82, 2.24) is 25.6 Å². The molecule has 0 fully saturated rings. The molecule has 0 aliphatic carbocycles. The minimum atomic E-state index is -0.213. The van der Waals surface area contributed by atoms with Crippen LogP contribution in [0.25, 0.3) is 0 Å².